The van der Waals surface area contributed by atoms with E-state index in [1.54, 1.807) is 0 Å². The molecule has 1 N–H and O–H groups in total. The monoisotopic (exact) mass is 400 g/mol. The lowest BCUT2D eigenvalue weighted by molar-refractivity contribution is -0.336. The zero-order valence-corrected chi connectivity index (χ0v) is 13.5. The summed E-state index contributed by atoms with van der Waals surface area (Å²) in [5.41, 5.74) is -7.33. The SMILES string of the molecule is COc1ccccc1C(O)(c1ccc(C(F)(F)F)cc1)C(F)(F)C(F)(F)F. The van der Waals surface area contributed by atoms with E-state index in [-0.39, 0.29) is 0 Å². The molecule has 0 aliphatic carbocycles. The molecule has 27 heavy (non-hydrogen) atoms. The molecule has 0 saturated carbocycles. The zero-order valence-electron chi connectivity index (χ0n) is 13.5. The standard InChI is InChI=1S/C17H12F8O2/c1-27-13-5-3-2-4-12(13)14(26,16(21,22)17(23,24)25)10-6-8-11(9-7-10)15(18,19)20/h2-9,26H,1H3. The molecule has 1 atom stereocenters. The molecule has 2 aromatic rings. The second-order valence-corrected chi connectivity index (χ2v) is 5.56. The van der Waals surface area contributed by atoms with Gasteiger partial charge in [-0.15, -0.1) is 0 Å². The summed E-state index contributed by atoms with van der Waals surface area (Å²) in [6.45, 7) is 0. The van der Waals surface area contributed by atoms with Crippen molar-refractivity contribution in [1.82, 2.24) is 0 Å². The Labute approximate surface area is 148 Å². The molecule has 0 amide bonds. The second kappa shape index (κ2) is 6.66. The highest BCUT2D eigenvalue weighted by molar-refractivity contribution is 5.48. The first-order valence-electron chi connectivity index (χ1n) is 7.25. The first kappa shape index (κ1) is 20.9. The van der Waals surface area contributed by atoms with Gasteiger partial charge in [0.25, 0.3) is 0 Å². The van der Waals surface area contributed by atoms with Crippen LogP contribution >= 0.6 is 0 Å². The average molecular weight is 400 g/mol. The van der Waals surface area contributed by atoms with Gasteiger partial charge in [0.15, 0.2) is 5.60 Å². The average Bonchev–Trinajstić information content (AvgIpc) is 2.59. The molecule has 10 heteroatoms. The number of benzene rings is 2. The van der Waals surface area contributed by atoms with Crippen LogP contribution < -0.4 is 4.74 Å². The highest BCUT2D eigenvalue weighted by atomic mass is 19.4. The minimum atomic E-state index is -6.20. The van der Waals surface area contributed by atoms with Crippen molar-refractivity contribution in [2.45, 2.75) is 23.9 Å². The number of aliphatic hydroxyl groups is 1. The fraction of sp³-hybridized carbons (Fsp3) is 0.294. The molecule has 2 nitrogen and oxygen atoms in total. The fourth-order valence-corrected chi connectivity index (χ4v) is 2.55. The third-order valence-corrected chi connectivity index (χ3v) is 3.94. The van der Waals surface area contributed by atoms with E-state index in [4.69, 9.17) is 4.74 Å². The Morgan fingerprint density at radius 3 is 1.67 bits per heavy atom. The number of alkyl halides is 8. The molecule has 0 bridgehead atoms. The van der Waals surface area contributed by atoms with E-state index in [0.717, 1.165) is 25.3 Å². The van der Waals surface area contributed by atoms with E-state index in [1.807, 2.05) is 0 Å². The van der Waals surface area contributed by atoms with Crippen LogP contribution in [0.4, 0.5) is 35.1 Å². The number of rotatable bonds is 4. The van der Waals surface area contributed by atoms with E-state index < -0.39 is 46.3 Å². The summed E-state index contributed by atoms with van der Waals surface area (Å²) in [5, 5.41) is 10.6. The quantitative estimate of drug-likeness (QED) is 0.720. The van der Waals surface area contributed by atoms with Gasteiger partial charge in [-0.25, -0.2) is 0 Å². The topological polar surface area (TPSA) is 29.5 Å². The van der Waals surface area contributed by atoms with Gasteiger partial charge in [-0.1, -0.05) is 30.3 Å². The van der Waals surface area contributed by atoms with Crippen molar-refractivity contribution in [1.29, 1.82) is 0 Å². The highest BCUT2D eigenvalue weighted by Gasteiger charge is 2.71. The van der Waals surface area contributed by atoms with Gasteiger partial charge in [0, 0.05) is 5.56 Å². The molecule has 0 radical (unpaired) electrons. The van der Waals surface area contributed by atoms with Crippen LogP contribution in [0.1, 0.15) is 16.7 Å². The Balaban J connectivity index is 2.79. The predicted octanol–water partition coefficient (Wildman–Crippen LogP) is 5.15. The minimum absolute atomic E-state index is 0.308. The van der Waals surface area contributed by atoms with Gasteiger partial charge in [-0.2, -0.15) is 35.1 Å². The minimum Gasteiger partial charge on any atom is -0.496 e. The van der Waals surface area contributed by atoms with Crippen molar-refractivity contribution in [2.75, 3.05) is 7.11 Å². The maximum Gasteiger partial charge on any atom is 0.457 e. The molecule has 0 aromatic heterocycles. The fourth-order valence-electron chi connectivity index (χ4n) is 2.55. The molecule has 0 heterocycles. The number of hydrogen-bond acceptors (Lipinski definition) is 2. The summed E-state index contributed by atoms with van der Waals surface area (Å²) in [4.78, 5) is 0. The van der Waals surface area contributed by atoms with Crippen LogP contribution in [0.25, 0.3) is 0 Å². The zero-order chi connectivity index (χ0) is 20.7. The Hall–Kier alpha value is -2.36. The lowest BCUT2D eigenvalue weighted by atomic mass is 9.79. The first-order valence-corrected chi connectivity index (χ1v) is 7.25. The molecule has 148 valence electrons. The van der Waals surface area contributed by atoms with Crippen LogP contribution in [0.2, 0.25) is 0 Å². The number of methoxy groups -OCH3 is 1. The number of para-hydroxylation sites is 1. The molecule has 0 aliphatic heterocycles. The summed E-state index contributed by atoms with van der Waals surface area (Å²) in [6.07, 6.45) is -11.0. The maximum absolute atomic E-state index is 14.3. The van der Waals surface area contributed by atoms with Crippen LogP contribution in [-0.4, -0.2) is 24.3 Å². The van der Waals surface area contributed by atoms with E-state index in [9.17, 15) is 40.2 Å². The maximum atomic E-state index is 14.3. The Morgan fingerprint density at radius 1 is 0.741 bits per heavy atom. The summed E-state index contributed by atoms with van der Waals surface area (Å²) < 4.78 is 111. The predicted molar refractivity (Wildman–Crippen MR) is 78.4 cm³/mol. The van der Waals surface area contributed by atoms with Gasteiger partial charge in [0.05, 0.1) is 12.7 Å². The van der Waals surface area contributed by atoms with Crippen molar-refractivity contribution < 1.29 is 45.0 Å². The molecule has 1 unspecified atom stereocenters. The summed E-state index contributed by atoms with van der Waals surface area (Å²) in [5.74, 6) is -6.24. The van der Waals surface area contributed by atoms with Gasteiger partial charge in [0.2, 0.25) is 0 Å². The van der Waals surface area contributed by atoms with Crippen LogP contribution in [0.5, 0.6) is 5.75 Å². The number of ether oxygens (including phenoxy) is 1. The van der Waals surface area contributed by atoms with E-state index >= 15 is 0 Å². The van der Waals surface area contributed by atoms with Crippen molar-refractivity contribution in [2.24, 2.45) is 0 Å². The number of halogens is 8. The molecule has 0 fully saturated rings. The van der Waals surface area contributed by atoms with E-state index in [0.29, 0.717) is 24.3 Å². The van der Waals surface area contributed by atoms with Crippen LogP contribution in [0.3, 0.4) is 0 Å². The smallest absolute Gasteiger partial charge is 0.457 e. The van der Waals surface area contributed by atoms with Crippen molar-refractivity contribution in [3.63, 3.8) is 0 Å². The Bertz CT molecular complexity index is 796. The van der Waals surface area contributed by atoms with Crippen LogP contribution in [0, 0.1) is 0 Å². The lowest BCUT2D eigenvalue weighted by Crippen LogP contribution is -2.55. The van der Waals surface area contributed by atoms with Gasteiger partial charge < -0.3 is 9.84 Å². The molecular weight excluding hydrogens is 388 g/mol. The summed E-state index contributed by atoms with van der Waals surface area (Å²) >= 11 is 0. The van der Waals surface area contributed by atoms with Gasteiger partial charge in [0.1, 0.15) is 5.75 Å². The van der Waals surface area contributed by atoms with Crippen molar-refractivity contribution in [3.8, 4) is 5.75 Å². The highest BCUT2D eigenvalue weighted by Crippen LogP contribution is 2.53. The normalized spacial score (nSPS) is 15.3. The molecule has 2 aromatic carbocycles. The molecular formula is C17H12F8O2. The second-order valence-electron chi connectivity index (χ2n) is 5.56. The first-order chi connectivity index (χ1) is 12.3. The van der Waals surface area contributed by atoms with Crippen LogP contribution in [-0.2, 0) is 11.8 Å². The third kappa shape index (κ3) is 3.45. The van der Waals surface area contributed by atoms with Gasteiger partial charge in [-0.3, -0.25) is 0 Å². The van der Waals surface area contributed by atoms with Crippen molar-refractivity contribution in [3.05, 3.63) is 65.2 Å². The summed E-state index contributed by atoms with van der Waals surface area (Å²) in [6, 6.07) is 5.52. The third-order valence-electron chi connectivity index (χ3n) is 3.94. The van der Waals surface area contributed by atoms with Crippen molar-refractivity contribution >= 4 is 0 Å². The Morgan fingerprint density at radius 2 is 1.22 bits per heavy atom. The lowest BCUT2D eigenvalue weighted by Gasteiger charge is -2.38. The number of hydrogen-bond donors (Lipinski definition) is 1. The Kier molecular flexibility index (Phi) is 5.17. The van der Waals surface area contributed by atoms with Crippen LogP contribution in [0.15, 0.2) is 48.5 Å². The van der Waals surface area contributed by atoms with Gasteiger partial charge in [-0.05, 0) is 23.8 Å². The molecule has 0 spiro atoms. The van der Waals surface area contributed by atoms with Gasteiger partial charge >= 0.3 is 18.3 Å². The van der Waals surface area contributed by atoms with E-state index in [1.165, 1.54) is 6.07 Å². The van der Waals surface area contributed by atoms with E-state index in [2.05, 4.69) is 0 Å². The largest absolute Gasteiger partial charge is 0.496 e. The molecule has 2 rings (SSSR count). The molecule has 0 aliphatic rings. The summed E-state index contributed by atoms with van der Waals surface area (Å²) in [7, 11) is 0.984. The molecule has 0 saturated heterocycles.